The van der Waals surface area contributed by atoms with Crippen molar-refractivity contribution in [1.82, 2.24) is 0 Å². The molecule has 0 atom stereocenters. The van der Waals surface area contributed by atoms with Crippen LogP contribution < -0.4 is 10.9 Å². The maximum Gasteiger partial charge on any atom is 0.416 e. The molecule has 134 valence electrons. The molecule has 0 saturated carbocycles. The molecule has 0 unspecified atom stereocenters. The van der Waals surface area contributed by atoms with Gasteiger partial charge in [-0.05, 0) is 30.3 Å². The van der Waals surface area contributed by atoms with Gasteiger partial charge < -0.3 is 9.73 Å². The number of alkyl halides is 3. The Morgan fingerprint density at radius 3 is 2.46 bits per heavy atom. The van der Waals surface area contributed by atoms with E-state index in [4.69, 9.17) is 27.6 Å². The van der Waals surface area contributed by atoms with Crippen LogP contribution >= 0.6 is 23.2 Å². The van der Waals surface area contributed by atoms with Crippen LogP contribution in [0.25, 0.3) is 11.0 Å². The van der Waals surface area contributed by atoms with Crippen molar-refractivity contribution in [2.45, 2.75) is 6.18 Å². The Hall–Kier alpha value is -2.51. The first-order valence-electron chi connectivity index (χ1n) is 7.07. The molecule has 3 aromatic rings. The predicted octanol–water partition coefficient (Wildman–Crippen LogP) is 5.37. The first-order chi connectivity index (χ1) is 12.2. The number of rotatable bonds is 2. The van der Waals surface area contributed by atoms with Crippen molar-refractivity contribution in [3.63, 3.8) is 0 Å². The van der Waals surface area contributed by atoms with E-state index in [2.05, 4.69) is 5.32 Å². The van der Waals surface area contributed by atoms with Crippen LogP contribution in [0.3, 0.4) is 0 Å². The maximum absolute atomic E-state index is 12.8. The lowest BCUT2D eigenvalue weighted by atomic mass is 10.1. The van der Waals surface area contributed by atoms with E-state index in [-0.39, 0.29) is 21.3 Å². The van der Waals surface area contributed by atoms with Gasteiger partial charge in [-0.3, -0.25) is 4.79 Å². The monoisotopic (exact) mass is 401 g/mol. The molecule has 0 radical (unpaired) electrons. The summed E-state index contributed by atoms with van der Waals surface area (Å²) in [5, 5.41) is 2.66. The third-order valence-corrected chi connectivity index (χ3v) is 4.13. The standard InChI is InChI=1S/C17H8Cl2F3NO3/c18-11-5-4-9(17(20,21)22)7-13(11)23-15(24)10-6-8-2-1-3-12(19)14(8)26-16(10)25/h1-7H,(H,23,24). The van der Waals surface area contributed by atoms with Crippen LogP contribution in [-0.2, 0) is 6.18 Å². The zero-order chi connectivity index (χ0) is 19.1. The van der Waals surface area contributed by atoms with Gasteiger partial charge >= 0.3 is 11.8 Å². The maximum atomic E-state index is 12.8. The van der Waals surface area contributed by atoms with Gasteiger partial charge in [-0.1, -0.05) is 35.3 Å². The van der Waals surface area contributed by atoms with E-state index < -0.39 is 28.8 Å². The van der Waals surface area contributed by atoms with Gasteiger partial charge in [-0.25, -0.2) is 4.79 Å². The lowest BCUT2D eigenvalue weighted by Gasteiger charge is -2.11. The first kappa shape index (κ1) is 18.3. The van der Waals surface area contributed by atoms with E-state index in [0.717, 1.165) is 12.1 Å². The molecule has 0 aliphatic heterocycles. The summed E-state index contributed by atoms with van der Waals surface area (Å²) >= 11 is 11.7. The van der Waals surface area contributed by atoms with Crippen molar-refractivity contribution in [1.29, 1.82) is 0 Å². The minimum Gasteiger partial charge on any atom is -0.421 e. The van der Waals surface area contributed by atoms with E-state index in [1.54, 1.807) is 12.1 Å². The third-order valence-electron chi connectivity index (χ3n) is 3.50. The summed E-state index contributed by atoms with van der Waals surface area (Å²) in [6.45, 7) is 0. The highest BCUT2D eigenvalue weighted by Gasteiger charge is 2.31. The molecule has 26 heavy (non-hydrogen) atoms. The Morgan fingerprint density at radius 1 is 1.04 bits per heavy atom. The summed E-state index contributed by atoms with van der Waals surface area (Å²) in [7, 11) is 0. The number of halogens is 5. The van der Waals surface area contributed by atoms with Crippen molar-refractivity contribution in [2.24, 2.45) is 0 Å². The van der Waals surface area contributed by atoms with E-state index >= 15 is 0 Å². The molecule has 0 spiro atoms. The molecule has 1 N–H and O–H groups in total. The average molecular weight is 402 g/mol. The van der Waals surface area contributed by atoms with Gasteiger partial charge in [-0.2, -0.15) is 13.2 Å². The van der Waals surface area contributed by atoms with Crippen molar-refractivity contribution in [3.8, 4) is 0 Å². The van der Waals surface area contributed by atoms with E-state index in [1.165, 1.54) is 12.1 Å². The second-order valence-electron chi connectivity index (χ2n) is 5.25. The highest BCUT2D eigenvalue weighted by atomic mass is 35.5. The number of benzene rings is 2. The molecule has 1 amide bonds. The largest absolute Gasteiger partial charge is 0.421 e. The van der Waals surface area contributed by atoms with Gasteiger partial charge in [0.05, 0.1) is 21.3 Å². The molecular weight excluding hydrogens is 394 g/mol. The number of amides is 1. The van der Waals surface area contributed by atoms with Gasteiger partial charge in [0, 0.05) is 5.39 Å². The highest BCUT2D eigenvalue weighted by Crippen LogP contribution is 2.34. The number of para-hydroxylation sites is 1. The van der Waals surface area contributed by atoms with Gasteiger partial charge in [0.15, 0.2) is 5.58 Å². The number of carbonyl (C=O) groups is 1. The Labute approximate surface area is 154 Å². The van der Waals surface area contributed by atoms with Gasteiger partial charge in [0.1, 0.15) is 5.56 Å². The molecule has 0 bridgehead atoms. The van der Waals surface area contributed by atoms with Gasteiger partial charge in [0.25, 0.3) is 5.91 Å². The topological polar surface area (TPSA) is 59.3 Å². The fourth-order valence-corrected chi connectivity index (χ4v) is 2.64. The summed E-state index contributed by atoms with van der Waals surface area (Å²) in [6, 6.07) is 8.37. The van der Waals surface area contributed by atoms with E-state index in [0.29, 0.717) is 11.5 Å². The molecule has 1 aromatic heterocycles. The first-order valence-corrected chi connectivity index (χ1v) is 7.83. The minimum absolute atomic E-state index is 0.104. The normalized spacial score (nSPS) is 11.6. The lowest BCUT2D eigenvalue weighted by Crippen LogP contribution is -2.21. The highest BCUT2D eigenvalue weighted by molar-refractivity contribution is 6.35. The average Bonchev–Trinajstić information content (AvgIpc) is 2.56. The molecule has 9 heteroatoms. The predicted molar refractivity (Wildman–Crippen MR) is 91.9 cm³/mol. The zero-order valence-electron chi connectivity index (χ0n) is 12.7. The second kappa shape index (κ2) is 6.66. The van der Waals surface area contributed by atoms with Crippen molar-refractivity contribution >= 4 is 45.8 Å². The van der Waals surface area contributed by atoms with Gasteiger partial charge in [0.2, 0.25) is 0 Å². The smallest absolute Gasteiger partial charge is 0.416 e. The Balaban J connectivity index is 2.00. The number of anilines is 1. The molecule has 0 aliphatic rings. The Morgan fingerprint density at radius 2 is 1.77 bits per heavy atom. The number of carbonyl (C=O) groups excluding carboxylic acids is 1. The summed E-state index contributed by atoms with van der Waals surface area (Å²) in [5.41, 5.74) is -2.54. The van der Waals surface area contributed by atoms with Crippen LogP contribution in [0.1, 0.15) is 15.9 Å². The lowest BCUT2D eigenvalue weighted by molar-refractivity contribution is -0.137. The number of fused-ring (bicyclic) bond motifs is 1. The van der Waals surface area contributed by atoms with Crippen LogP contribution in [0.4, 0.5) is 18.9 Å². The number of hydrogen-bond acceptors (Lipinski definition) is 3. The summed E-state index contributed by atoms with van der Waals surface area (Å²) in [4.78, 5) is 24.4. The molecule has 2 aromatic carbocycles. The Kier molecular flexibility index (Phi) is 4.68. The summed E-state index contributed by atoms with van der Waals surface area (Å²) < 4.78 is 43.4. The van der Waals surface area contributed by atoms with Gasteiger partial charge in [-0.15, -0.1) is 0 Å². The van der Waals surface area contributed by atoms with Crippen LogP contribution in [0, 0.1) is 0 Å². The minimum atomic E-state index is -4.61. The SMILES string of the molecule is O=C(Nc1cc(C(F)(F)F)ccc1Cl)c1cc2cccc(Cl)c2oc1=O. The zero-order valence-corrected chi connectivity index (χ0v) is 14.2. The van der Waals surface area contributed by atoms with Crippen molar-refractivity contribution in [2.75, 3.05) is 5.32 Å². The number of hydrogen-bond donors (Lipinski definition) is 1. The van der Waals surface area contributed by atoms with E-state index in [9.17, 15) is 22.8 Å². The number of nitrogens with one attached hydrogen (secondary N) is 1. The molecule has 4 nitrogen and oxygen atoms in total. The molecule has 0 saturated heterocycles. The molecule has 0 fully saturated rings. The molecule has 3 rings (SSSR count). The van der Waals surface area contributed by atoms with Crippen LogP contribution in [0.15, 0.2) is 51.7 Å². The summed E-state index contributed by atoms with van der Waals surface area (Å²) in [5.74, 6) is -0.957. The molecule has 1 heterocycles. The summed E-state index contributed by atoms with van der Waals surface area (Å²) in [6.07, 6.45) is -4.61. The van der Waals surface area contributed by atoms with Crippen LogP contribution in [-0.4, -0.2) is 5.91 Å². The Bertz CT molecular complexity index is 1080. The fourth-order valence-electron chi connectivity index (χ4n) is 2.25. The quantitative estimate of drug-likeness (QED) is 0.587. The van der Waals surface area contributed by atoms with Crippen LogP contribution in [0.2, 0.25) is 10.0 Å². The van der Waals surface area contributed by atoms with E-state index in [1.807, 2.05) is 0 Å². The van der Waals surface area contributed by atoms with Crippen molar-refractivity contribution in [3.05, 3.63) is 74.1 Å². The second-order valence-corrected chi connectivity index (χ2v) is 6.07. The van der Waals surface area contributed by atoms with Crippen molar-refractivity contribution < 1.29 is 22.4 Å². The molecule has 0 aliphatic carbocycles. The van der Waals surface area contributed by atoms with Crippen LogP contribution in [0.5, 0.6) is 0 Å². The third kappa shape index (κ3) is 3.54. The molecular formula is C17H8Cl2F3NO3. The fraction of sp³-hybridized carbons (Fsp3) is 0.0588.